The van der Waals surface area contributed by atoms with E-state index in [4.69, 9.17) is 37.0 Å². The summed E-state index contributed by atoms with van der Waals surface area (Å²) in [5, 5.41) is 10.6. The molecule has 0 aromatic heterocycles. The quantitative estimate of drug-likeness (QED) is 0.0222. The molecule has 0 aliphatic heterocycles. The smallest absolute Gasteiger partial charge is 0.462 e. The number of unbranched alkanes of at least 4 members (excludes halogenated alkanes) is 42. The van der Waals surface area contributed by atoms with E-state index in [-0.39, 0.29) is 25.7 Å². The fraction of sp³-hybridized carbons (Fsp3) is 0.945. The molecule has 0 rings (SSSR count). The average Bonchev–Trinajstić information content (AvgIpc) is 1.75. The zero-order valence-electron chi connectivity index (χ0n) is 59.9. The van der Waals surface area contributed by atoms with Crippen molar-refractivity contribution in [2.24, 2.45) is 11.8 Å². The molecule has 0 radical (unpaired) electrons. The lowest BCUT2D eigenvalue weighted by atomic mass is 10.0. The number of carbonyl (C=O) groups is 4. The van der Waals surface area contributed by atoms with Gasteiger partial charge in [0.05, 0.1) is 26.4 Å². The van der Waals surface area contributed by atoms with Crippen LogP contribution in [0.15, 0.2) is 0 Å². The van der Waals surface area contributed by atoms with Gasteiger partial charge in [0, 0.05) is 25.7 Å². The molecule has 0 aromatic carbocycles. The van der Waals surface area contributed by atoms with Crippen LogP contribution in [0.1, 0.15) is 375 Å². The van der Waals surface area contributed by atoms with E-state index in [1.54, 1.807) is 0 Å². The maximum absolute atomic E-state index is 13.1. The fourth-order valence-corrected chi connectivity index (χ4v) is 12.7. The predicted molar refractivity (Wildman–Crippen MR) is 372 cm³/mol. The monoisotopic (exact) mass is 1350 g/mol. The van der Waals surface area contributed by atoms with Gasteiger partial charge >= 0.3 is 39.5 Å². The summed E-state index contributed by atoms with van der Waals surface area (Å²) >= 11 is 0. The Balaban J connectivity index is 5.20. The van der Waals surface area contributed by atoms with Crippen molar-refractivity contribution < 1.29 is 80.2 Å². The van der Waals surface area contributed by atoms with Crippen molar-refractivity contribution in [2.45, 2.75) is 394 Å². The molecule has 0 saturated heterocycles. The van der Waals surface area contributed by atoms with Crippen LogP contribution in [-0.4, -0.2) is 96.7 Å². The van der Waals surface area contributed by atoms with Crippen molar-refractivity contribution in [3.05, 3.63) is 0 Å². The molecule has 0 spiro atoms. The van der Waals surface area contributed by atoms with Gasteiger partial charge in [-0.1, -0.05) is 324 Å². The molecule has 0 amide bonds. The summed E-state index contributed by atoms with van der Waals surface area (Å²) in [5.74, 6) is -0.596. The van der Waals surface area contributed by atoms with Crippen molar-refractivity contribution in [1.29, 1.82) is 0 Å². The third kappa shape index (κ3) is 66.7. The molecule has 17 nitrogen and oxygen atoms in total. The molecule has 0 fully saturated rings. The van der Waals surface area contributed by atoms with Gasteiger partial charge in [-0.2, -0.15) is 0 Å². The van der Waals surface area contributed by atoms with Crippen LogP contribution in [0, 0.1) is 11.8 Å². The maximum Gasteiger partial charge on any atom is 0.472 e. The van der Waals surface area contributed by atoms with E-state index in [9.17, 15) is 43.2 Å². The average molecular weight is 1350 g/mol. The Bertz CT molecular complexity index is 1790. The maximum atomic E-state index is 13.1. The topological polar surface area (TPSA) is 237 Å². The Morgan fingerprint density at radius 2 is 0.500 bits per heavy atom. The number of aliphatic hydroxyl groups is 1. The van der Waals surface area contributed by atoms with Gasteiger partial charge in [0.25, 0.3) is 0 Å². The highest BCUT2D eigenvalue weighted by atomic mass is 31.2. The molecule has 19 heteroatoms. The van der Waals surface area contributed by atoms with E-state index in [0.717, 1.165) is 115 Å². The summed E-state index contributed by atoms with van der Waals surface area (Å²) in [6, 6.07) is 0. The Hall–Kier alpha value is -1.94. The second-order valence-electron chi connectivity index (χ2n) is 27.3. The van der Waals surface area contributed by atoms with Crippen LogP contribution in [0.5, 0.6) is 0 Å². The van der Waals surface area contributed by atoms with Crippen molar-refractivity contribution in [1.82, 2.24) is 0 Å². The summed E-state index contributed by atoms with van der Waals surface area (Å²) in [7, 11) is -9.90. The first kappa shape index (κ1) is 90.1. The second kappa shape index (κ2) is 65.0. The lowest BCUT2D eigenvalue weighted by molar-refractivity contribution is -0.161. The molecule has 92 heavy (non-hydrogen) atoms. The minimum Gasteiger partial charge on any atom is -0.462 e. The number of rotatable bonds is 72. The van der Waals surface area contributed by atoms with Crippen LogP contribution in [0.3, 0.4) is 0 Å². The number of hydrogen-bond acceptors (Lipinski definition) is 15. The van der Waals surface area contributed by atoms with Crippen LogP contribution in [0.25, 0.3) is 0 Å². The first-order chi connectivity index (χ1) is 44.4. The Morgan fingerprint density at radius 1 is 0.293 bits per heavy atom. The van der Waals surface area contributed by atoms with Crippen LogP contribution in [0.2, 0.25) is 0 Å². The number of carbonyl (C=O) groups excluding carboxylic acids is 4. The van der Waals surface area contributed by atoms with E-state index in [1.807, 2.05) is 0 Å². The molecule has 2 unspecified atom stereocenters. The largest absolute Gasteiger partial charge is 0.472 e. The molecule has 0 aromatic rings. The second-order valence-corrected chi connectivity index (χ2v) is 30.2. The van der Waals surface area contributed by atoms with Gasteiger partial charge in [-0.25, -0.2) is 9.13 Å². The first-order valence-corrected chi connectivity index (χ1v) is 41.0. The van der Waals surface area contributed by atoms with Crippen LogP contribution >= 0.6 is 15.6 Å². The summed E-state index contributed by atoms with van der Waals surface area (Å²) < 4.78 is 68.3. The van der Waals surface area contributed by atoms with Gasteiger partial charge in [0.2, 0.25) is 0 Å². The van der Waals surface area contributed by atoms with E-state index < -0.39 is 97.5 Å². The Labute approximate surface area is 562 Å². The highest BCUT2D eigenvalue weighted by Gasteiger charge is 2.30. The van der Waals surface area contributed by atoms with Gasteiger partial charge in [-0.05, 0) is 37.5 Å². The number of phosphoric acid groups is 2. The first-order valence-electron chi connectivity index (χ1n) is 38.0. The lowest BCUT2D eigenvalue weighted by Gasteiger charge is -2.21. The number of ether oxygens (including phenoxy) is 4. The molecule has 0 bridgehead atoms. The minimum atomic E-state index is -4.95. The summed E-state index contributed by atoms with van der Waals surface area (Å²) in [5.41, 5.74) is 0. The third-order valence-corrected chi connectivity index (χ3v) is 18.9. The Morgan fingerprint density at radius 3 is 0.739 bits per heavy atom. The van der Waals surface area contributed by atoms with E-state index in [2.05, 4.69) is 41.5 Å². The van der Waals surface area contributed by atoms with Crippen molar-refractivity contribution in [3.8, 4) is 0 Å². The molecule has 0 aliphatic carbocycles. The number of esters is 4. The Kier molecular flexibility index (Phi) is 63.7. The van der Waals surface area contributed by atoms with Gasteiger partial charge in [-0.3, -0.25) is 37.3 Å². The van der Waals surface area contributed by atoms with E-state index in [0.29, 0.717) is 25.7 Å². The zero-order valence-corrected chi connectivity index (χ0v) is 61.6. The van der Waals surface area contributed by atoms with Gasteiger partial charge in [0.15, 0.2) is 12.2 Å². The van der Waals surface area contributed by atoms with Crippen LogP contribution in [0.4, 0.5) is 0 Å². The highest BCUT2D eigenvalue weighted by molar-refractivity contribution is 7.47. The molecule has 0 saturated carbocycles. The number of hydrogen-bond donors (Lipinski definition) is 3. The lowest BCUT2D eigenvalue weighted by Crippen LogP contribution is -2.30. The normalized spacial score (nSPS) is 14.1. The third-order valence-electron chi connectivity index (χ3n) is 17.0. The molecule has 0 heterocycles. The van der Waals surface area contributed by atoms with Gasteiger partial charge < -0.3 is 33.8 Å². The van der Waals surface area contributed by atoms with E-state index >= 15 is 0 Å². The van der Waals surface area contributed by atoms with Gasteiger partial charge in [0.1, 0.15) is 19.3 Å². The molecule has 546 valence electrons. The van der Waals surface area contributed by atoms with Crippen LogP contribution in [-0.2, 0) is 65.4 Å². The molecular weight excluding hydrogens is 1210 g/mol. The van der Waals surface area contributed by atoms with Crippen molar-refractivity contribution >= 4 is 39.5 Å². The fourth-order valence-electron chi connectivity index (χ4n) is 11.1. The SMILES string of the molecule is CCCCCCCCCCCCCCCCCCCC(=O)O[C@H](COC(=O)CCCCCCCCCCCCCCCC(C)C)COP(=O)(O)OC[C@@H](O)COP(=O)(O)OC[C@@H](COC(=O)CCCCCCCCC)OC(=O)CCCCCCCCCCCC(C)C. The standard InChI is InChI=1S/C73H142O17P2/c1-7-9-11-13-15-16-17-18-19-20-21-24-28-33-39-45-51-57-72(77)90-69(62-84-71(76)56-50-44-38-32-27-25-22-23-26-30-36-41-47-53-65(3)4)64-88-92(81,82)86-60-67(74)59-85-91(79,80)87-63-68(61-83-70(75)55-49-43-35-14-12-10-8-2)89-73(78)58-52-46-40-34-29-31-37-42-48-54-66(5)6/h65-69,74H,7-64H2,1-6H3,(H,79,80)(H,81,82)/t67-,68+,69+/m0/s1. The summed E-state index contributed by atoms with van der Waals surface area (Å²) in [6.07, 6.45) is 51.5. The minimum absolute atomic E-state index is 0.105. The summed E-state index contributed by atoms with van der Waals surface area (Å²) in [6.45, 7) is 9.53. The van der Waals surface area contributed by atoms with Crippen LogP contribution < -0.4 is 0 Å². The van der Waals surface area contributed by atoms with E-state index in [1.165, 1.54) is 180 Å². The highest BCUT2D eigenvalue weighted by Crippen LogP contribution is 2.45. The number of aliphatic hydroxyl groups excluding tert-OH is 1. The number of phosphoric ester groups is 2. The predicted octanol–water partition coefficient (Wildman–Crippen LogP) is 21.2. The molecule has 5 atom stereocenters. The van der Waals surface area contributed by atoms with Crippen molar-refractivity contribution in [3.63, 3.8) is 0 Å². The zero-order chi connectivity index (χ0) is 67.9. The van der Waals surface area contributed by atoms with Crippen molar-refractivity contribution in [2.75, 3.05) is 39.6 Å². The molecule has 3 N–H and O–H groups in total. The summed E-state index contributed by atoms with van der Waals surface area (Å²) in [4.78, 5) is 72.5. The van der Waals surface area contributed by atoms with Gasteiger partial charge in [-0.15, -0.1) is 0 Å². The molecular formula is C73H142O17P2. The molecule has 0 aliphatic rings.